The molecule has 1 unspecified atom stereocenters. The van der Waals surface area contributed by atoms with Crippen LogP contribution in [0.2, 0.25) is 0 Å². The topological polar surface area (TPSA) is 69.2 Å². The summed E-state index contributed by atoms with van der Waals surface area (Å²) in [5.74, 6) is 0.869. The Kier molecular flexibility index (Phi) is 5.05. The Morgan fingerprint density at radius 1 is 1.14 bits per heavy atom. The SMILES string of the molecule is CCNC(c1ccc(C)nc1)c1ncc(OC)nc1OC. The fraction of sp³-hybridized carbons (Fsp3) is 0.400. The van der Waals surface area contributed by atoms with Gasteiger partial charge < -0.3 is 14.8 Å². The van der Waals surface area contributed by atoms with E-state index < -0.39 is 0 Å². The molecule has 0 bridgehead atoms. The minimum Gasteiger partial charge on any atom is -0.480 e. The lowest BCUT2D eigenvalue weighted by Crippen LogP contribution is -2.24. The van der Waals surface area contributed by atoms with Gasteiger partial charge in [-0.2, -0.15) is 4.98 Å². The zero-order chi connectivity index (χ0) is 15.2. The first kappa shape index (κ1) is 15.2. The van der Waals surface area contributed by atoms with Gasteiger partial charge in [0.2, 0.25) is 11.8 Å². The molecule has 112 valence electrons. The van der Waals surface area contributed by atoms with Crippen LogP contribution in [-0.4, -0.2) is 35.7 Å². The zero-order valence-electron chi connectivity index (χ0n) is 12.8. The second-order valence-corrected chi connectivity index (χ2v) is 4.53. The first-order chi connectivity index (χ1) is 10.2. The van der Waals surface area contributed by atoms with Gasteiger partial charge in [-0.15, -0.1) is 0 Å². The van der Waals surface area contributed by atoms with Gasteiger partial charge in [0.25, 0.3) is 0 Å². The monoisotopic (exact) mass is 288 g/mol. The summed E-state index contributed by atoms with van der Waals surface area (Å²) in [5.41, 5.74) is 2.70. The van der Waals surface area contributed by atoms with Crippen molar-refractivity contribution < 1.29 is 9.47 Å². The number of aryl methyl sites for hydroxylation is 1. The number of pyridine rings is 1. The summed E-state index contributed by atoms with van der Waals surface area (Å²) in [6, 6.07) is 3.88. The van der Waals surface area contributed by atoms with Crippen molar-refractivity contribution >= 4 is 0 Å². The van der Waals surface area contributed by atoms with E-state index in [1.807, 2.05) is 32.2 Å². The van der Waals surface area contributed by atoms with Crippen molar-refractivity contribution in [3.8, 4) is 11.8 Å². The van der Waals surface area contributed by atoms with Crippen molar-refractivity contribution in [1.82, 2.24) is 20.3 Å². The summed E-state index contributed by atoms with van der Waals surface area (Å²) in [7, 11) is 3.12. The Morgan fingerprint density at radius 3 is 2.52 bits per heavy atom. The maximum Gasteiger partial charge on any atom is 0.240 e. The summed E-state index contributed by atoms with van der Waals surface area (Å²) in [6.07, 6.45) is 3.43. The van der Waals surface area contributed by atoms with Gasteiger partial charge in [-0.05, 0) is 25.1 Å². The van der Waals surface area contributed by atoms with Gasteiger partial charge in [-0.1, -0.05) is 13.0 Å². The highest BCUT2D eigenvalue weighted by Gasteiger charge is 2.21. The van der Waals surface area contributed by atoms with Gasteiger partial charge in [0.15, 0.2) is 0 Å². The second-order valence-electron chi connectivity index (χ2n) is 4.53. The summed E-state index contributed by atoms with van der Waals surface area (Å²) >= 11 is 0. The molecule has 6 nitrogen and oxygen atoms in total. The van der Waals surface area contributed by atoms with Gasteiger partial charge in [0, 0.05) is 11.9 Å². The molecule has 0 amide bonds. The van der Waals surface area contributed by atoms with Crippen LogP contribution in [0, 0.1) is 6.92 Å². The normalized spacial score (nSPS) is 12.0. The predicted molar refractivity (Wildman–Crippen MR) is 79.6 cm³/mol. The molecule has 0 aliphatic heterocycles. The average molecular weight is 288 g/mol. The van der Waals surface area contributed by atoms with Crippen molar-refractivity contribution in [3.05, 3.63) is 41.5 Å². The van der Waals surface area contributed by atoms with Crippen LogP contribution in [0.4, 0.5) is 0 Å². The van der Waals surface area contributed by atoms with E-state index in [1.54, 1.807) is 20.4 Å². The molecular weight excluding hydrogens is 268 g/mol. The Balaban J connectivity index is 2.44. The van der Waals surface area contributed by atoms with E-state index in [4.69, 9.17) is 9.47 Å². The number of aromatic nitrogens is 3. The Morgan fingerprint density at radius 2 is 1.95 bits per heavy atom. The van der Waals surface area contributed by atoms with Crippen LogP contribution >= 0.6 is 0 Å². The lowest BCUT2D eigenvalue weighted by Gasteiger charge is -2.19. The number of ether oxygens (including phenoxy) is 2. The van der Waals surface area contributed by atoms with Crippen molar-refractivity contribution in [3.63, 3.8) is 0 Å². The molecule has 0 radical (unpaired) electrons. The van der Waals surface area contributed by atoms with Crippen LogP contribution in [0.1, 0.15) is 29.9 Å². The molecule has 0 fully saturated rings. The third-order valence-electron chi connectivity index (χ3n) is 3.10. The summed E-state index contributed by atoms with van der Waals surface area (Å²) in [4.78, 5) is 13.1. The fourth-order valence-electron chi connectivity index (χ4n) is 2.04. The number of hydrogen-bond acceptors (Lipinski definition) is 6. The van der Waals surface area contributed by atoms with Crippen LogP contribution in [0.25, 0.3) is 0 Å². The summed E-state index contributed by atoms with van der Waals surface area (Å²) < 4.78 is 10.4. The minimum absolute atomic E-state index is 0.128. The van der Waals surface area contributed by atoms with E-state index in [0.717, 1.165) is 17.8 Å². The van der Waals surface area contributed by atoms with Crippen LogP contribution in [0.3, 0.4) is 0 Å². The van der Waals surface area contributed by atoms with Gasteiger partial charge in [-0.25, -0.2) is 4.98 Å². The molecule has 0 saturated carbocycles. The van der Waals surface area contributed by atoms with E-state index in [9.17, 15) is 0 Å². The number of hydrogen-bond donors (Lipinski definition) is 1. The van der Waals surface area contributed by atoms with Crippen molar-refractivity contribution in [1.29, 1.82) is 0 Å². The number of rotatable bonds is 6. The highest BCUT2D eigenvalue weighted by atomic mass is 16.5. The molecule has 2 aromatic rings. The first-order valence-electron chi connectivity index (χ1n) is 6.80. The molecule has 0 spiro atoms. The Hall–Kier alpha value is -2.21. The molecule has 0 aliphatic rings. The zero-order valence-corrected chi connectivity index (χ0v) is 12.8. The lowest BCUT2D eigenvalue weighted by molar-refractivity contribution is 0.352. The predicted octanol–water partition coefficient (Wildman–Crippen LogP) is 1.90. The molecule has 6 heteroatoms. The lowest BCUT2D eigenvalue weighted by atomic mass is 10.1. The van der Waals surface area contributed by atoms with Gasteiger partial charge in [-0.3, -0.25) is 4.98 Å². The van der Waals surface area contributed by atoms with Crippen molar-refractivity contribution in [2.45, 2.75) is 19.9 Å². The maximum atomic E-state index is 5.35. The molecule has 2 heterocycles. The molecule has 0 aliphatic carbocycles. The molecule has 21 heavy (non-hydrogen) atoms. The van der Waals surface area contributed by atoms with Crippen molar-refractivity contribution in [2.75, 3.05) is 20.8 Å². The van der Waals surface area contributed by atoms with Gasteiger partial charge in [0.1, 0.15) is 5.69 Å². The van der Waals surface area contributed by atoms with Crippen LogP contribution in [-0.2, 0) is 0 Å². The molecule has 1 N–H and O–H groups in total. The first-order valence-corrected chi connectivity index (χ1v) is 6.80. The van der Waals surface area contributed by atoms with Crippen LogP contribution in [0.5, 0.6) is 11.8 Å². The smallest absolute Gasteiger partial charge is 0.240 e. The van der Waals surface area contributed by atoms with Gasteiger partial charge >= 0.3 is 0 Å². The van der Waals surface area contributed by atoms with E-state index in [1.165, 1.54) is 0 Å². The van der Waals surface area contributed by atoms with Crippen molar-refractivity contribution in [2.24, 2.45) is 0 Å². The van der Waals surface area contributed by atoms with E-state index in [-0.39, 0.29) is 6.04 Å². The maximum absolute atomic E-state index is 5.35. The third-order valence-corrected chi connectivity index (χ3v) is 3.10. The fourth-order valence-corrected chi connectivity index (χ4v) is 2.04. The molecule has 0 saturated heterocycles. The van der Waals surface area contributed by atoms with E-state index >= 15 is 0 Å². The molecular formula is C15H20N4O2. The molecule has 0 aromatic carbocycles. The van der Waals surface area contributed by atoms with E-state index in [0.29, 0.717) is 17.5 Å². The minimum atomic E-state index is -0.128. The third kappa shape index (κ3) is 3.46. The molecule has 2 aromatic heterocycles. The molecule has 2 rings (SSSR count). The average Bonchev–Trinajstić information content (AvgIpc) is 2.53. The highest BCUT2D eigenvalue weighted by Crippen LogP contribution is 2.27. The number of nitrogens with one attached hydrogen (secondary N) is 1. The summed E-state index contributed by atoms with van der Waals surface area (Å²) in [5, 5.41) is 3.38. The molecule has 1 atom stereocenters. The van der Waals surface area contributed by atoms with Gasteiger partial charge in [0.05, 0.1) is 26.5 Å². The standard InChI is InChI=1S/C15H20N4O2/c1-5-16-13(11-7-6-10(2)17-8-11)14-15(21-4)19-12(20-3)9-18-14/h6-9,13,16H,5H2,1-4H3. The second kappa shape index (κ2) is 6.99. The van der Waals surface area contributed by atoms with Crippen LogP contribution < -0.4 is 14.8 Å². The highest BCUT2D eigenvalue weighted by molar-refractivity contribution is 5.33. The largest absolute Gasteiger partial charge is 0.480 e. The van der Waals surface area contributed by atoms with E-state index in [2.05, 4.69) is 20.3 Å². The number of nitrogens with zero attached hydrogens (tertiary/aromatic N) is 3. The quantitative estimate of drug-likeness (QED) is 0.875. The Labute approximate surface area is 124 Å². The number of methoxy groups -OCH3 is 2. The Bertz CT molecular complexity index is 587. The summed E-state index contributed by atoms with van der Waals surface area (Å²) in [6.45, 7) is 4.78. The van der Waals surface area contributed by atoms with Crippen LogP contribution in [0.15, 0.2) is 24.5 Å².